The first kappa shape index (κ1) is 23.3. The SMILES string of the molecule is Cc1ccc(NC(=O)c2coc(CN)c2)c(OCCN(C)C)c1.Cl.Cl. The van der Waals surface area contributed by atoms with Crippen molar-refractivity contribution in [3.05, 3.63) is 47.4 Å². The predicted octanol–water partition coefficient (Wildman–Crippen LogP) is 3.08. The number of rotatable bonds is 7. The number of halogens is 2. The molecule has 25 heavy (non-hydrogen) atoms. The molecule has 0 radical (unpaired) electrons. The standard InChI is InChI=1S/C17H23N3O3.2ClH/c1-12-4-5-15(16(8-12)22-7-6-20(2)3)19-17(21)13-9-14(10-18)23-11-13;;/h4-5,8-9,11H,6-7,10,18H2,1-3H3,(H,19,21);2*1H. The number of carbonyl (C=O) groups is 1. The number of likely N-dealkylation sites (N-methyl/N-ethyl adjacent to an activating group) is 1. The molecule has 0 bridgehead atoms. The maximum Gasteiger partial charge on any atom is 0.259 e. The second-order valence-corrected chi connectivity index (χ2v) is 5.61. The van der Waals surface area contributed by atoms with Crippen LogP contribution in [0.5, 0.6) is 5.75 Å². The number of nitrogens with two attached hydrogens (primary N) is 1. The number of amides is 1. The zero-order chi connectivity index (χ0) is 16.8. The number of nitrogens with zero attached hydrogens (tertiary/aromatic N) is 1. The highest BCUT2D eigenvalue weighted by Crippen LogP contribution is 2.26. The van der Waals surface area contributed by atoms with Gasteiger partial charge in [-0.3, -0.25) is 4.79 Å². The molecule has 0 aliphatic carbocycles. The Labute approximate surface area is 160 Å². The van der Waals surface area contributed by atoms with Gasteiger partial charge in [-0.2, -0.15) is 0 Å². The molecule has 0 spiro atoms. The minimum atomic E-state index is -0.255. The lowest BCUT2D eigenvalue weighted by atomic mass is 10.2. The summed E-state index contributed by atoms with van der Waals surface area (Å²) < 4.78 is 11.0. The molecular formula is C17H25Cl2N3O3. The normalized spacial score (nSPS) is 9.96. The molecule has 0 atom stereocenters. The summed E-state index contributed by atoms with van der Waals surface area (Å²) >= 11 is 0. The monoisotopic (exact) mass is 389 g/mol. The van der Waals surface area contributed by atoms with E-state index in [1.165, 1.54) is 6.26 Å². The van der Waals surface area contributed by atoms with Crippen molar-refractivity contribution in [3.63, 3.8) is 0 Å². The summed E-state index contributed by atoms with van der Waals surface area (Å²) in [6.45, 7) is 3.58. The first-order chi connectivity index (χ1) is 11.0. The van der Waals surface area contributed by atoms with E-state index in [0.717, 1.165) is 12.1 Å². The number of hydrogen-bond acceptors (Lipinski definition) is 5. The highest BCUT2D eigenvalue weighted by Gasteiger charge is 2.13. The van der Waals surface area contributed by atoms with E-state index in [2.05, 4.69) is 5.32 Å². The number of nitrogens with one attached hydrogen (secondary N) is 1. The lowest BCUT2D eigenvalue weighted by Crippen LogP contribution is -2.20. The van der Waals surface area contributed by atoms with Crippen LogP contribution in [0, 0.1) is 6.92 Å². The van der Waals surface area contributed by atoms with Gasteiger partial charge in [0.15, 0.2) is 0 Å². The summed E-state index contributed by atoms with van der Waals surface area (Å²) in [4.78, 5) is 14.3. The maximum absolute atomic E-state index is 12.3. The molecule has 0 saturated carbocycles. The molecule has 1 heterocycles. The first-order valence-corrected chi connectivity index (χ1v) is 7.46. The minimum absolute atomic E-state index is 0. The van der Waals surface area contributed by atoms with Crippen molar-refractivity contribution in [2.45, 2.75) is 13.5 Å². The summed E-state index contributed by atoms with van der Waals surface area (Å²) in [5, 5.41) is 2.85. The molecule has 3 N–H and O–H groups in total. The second-order valence-electron chi connectivity index (χ2n) is 5.61. The van der Waals surface area contributed by atoms with Crippen molar-refractivity contribution in [3.8, 4) is 5.75 Å². The Morgan fingerprint density at radius 1 is 1.28 bits per heavy atom. The minimum Gasteiger partial charge on any atom is -0.490 e. The van der Waals surface area contributed by atoms with E-state index in [9.17, 15) is 4.79 Å². The van der Waals surface area contributed by atoms with Crippen molar-refractivity contribution in [2.75, 3.05) is 32.6 Å². The Balaban J connectivity index is 0.00000288. The molecule has 1 amide bonds. The lowest BCUT2D eigenvalue weighted by molar-refractivity contribution is 0.102. The van der Waals surface area contributed by atoms with Gasteiger partial charge in [-0.1, -0.05) is 6.07 Å². The molecule has 1 aromatic heterocycles. The number of furan rings is 1. The molecule has 140 valence electrons. The molecule has 2 rings (SSSR count). The summed E-state index contributed by atoms with van der Waals surface area (Å²) in [6.07, 6.45) is 1.40. The van der Waals surface area contributed by atoms with E-state index in [1.54, 1.807) is 6.07 Å². The average Bonchev–Trinajstić information content (AvgIpc) is 2.98. The summed E-state index contributed by atoms with van der Waals surface area (Å²) in [6, 6.07) is 7.30. The van der Waals surface area contributed by atoms with Crippen LogP contribution in [0.1, 0.15) is 21.7 Å². The summed E-state index contributed by atoms with van der Waals surface area (Å²) in [5.74, 6) is 0.971. The molecule has 0 aliphatic rings. The molecule has 1 aromatic carbocycles. The van der Waals surface area contributed by atoms with Crippen LogP contribution in [0.15, 0.2) is 34.9 Å². The van der Waals surface area contributed by atoms with Crippen LogP contribution in [0.4, 0.5) is 5.69 Å². The van der Waals surface area contributed by atoms with Gasteiger partial charge in [0.2, 0.25) is 0 Å². The third kappa shape index (κ3) is 6.96. The van der Waals surface area contributed by atoms with E-state index < -0.39 is 0 Å². The Kier molecular flexibility index (Phi) is 10.2. The van der Waals surface area contributed by atoms with Gasteiger partial charge in [-0.15, -0.1) is 24.8 Å². The van der Waals surface area contributed by atoms with Crippen molar-refractivity contribution >= 4 is 36.4 Å². The van der Waals surface area contributed by atoms with Gasteiger partial charge in [0.05, 0.1) is 17.8 Å². The fourth-order valence-corrected chi connectivity index (χ4v) is 1.99. The quantitative estimate of drug-likeness (QED) is 0.760. The third-order valence-corrected chi connectivity index (χ3v) is 3.30. The molecule has 0 aliphatic heterocycles. The van der Waals surface area contributed by atoms with Gasteiger partial charge in [-0.05, 0) is 44.8 Å². The van der Waals surface area contributed by atoms with Crippen LogP contribution in [0.3, 0.4) is 0 Å². The fraction of sp³-hybridized carbons (Fsp3) is 0.353. The zero-order valence-corrected chi connectivity index (χ0v) is 16.2. The predicted molar refractivity (Wildman–Crippen MR) is 104 cm³/mol. The molecule has 0 fully saturated rings. The van der Waals surface area contributed by atoms with Crippen LogP contribution in [0.25, 0.3) is 0 Å². The van der Waals surface area contributed by atoms with E-state index >= 15 is 0 Å². The van der Waals surface area contributed by atoms with Crippen LogP contribution in [-0.2, 0) is 6.54 Å². The average molecular weight is 390 g/mol. The number of benzene rings is 1. The van der Waals surface area contributed by atoms with Crippen molar-refractivity contribution in [1.29, 1.82) is 0 Å². The second kappa shape index (κ2) is 11.0. The summed E-state index contributed by atoms with van der Waals surface area (Å²) in [7, 11) is 3.96. The van der Waals surface area contributed by atoms with E-state index in [0.29, 0.717) is 29.4 Å². The van der Waals surface area contributed by atoms with Gasteiger partial charge >= 0.3 is 0 Å². The van der Waals surface area contributed by atoms with Gasteiger partial charge in [0.1, 0.15) is 24.4 Å². The van der Waals surface area contributed by atoms with E-state index in [1.807, 2.05) is 44.1 Å². The van der Waals surface area contributed by atoms with Gasteiger partial charge in [0.25, 0.3) is 5.91 Å². The van der Waals surface area contributed by atoms with Crippen molar-refractivity contribution < 1.29 is 13.9 Å². The third-order valence-electron chi connectivity index (χ3n) is 3.30. The van der Waals surface area contributed by atoms with Gasteiger partial charge < -0.3 is 25.1 Å². The Hall–Kier alpha value is -1.73. The highest BCUT2D eigenvalue weighted by molar-refractivity contribution is 6.04. The first-order valence-electron chi connectivity index (χ1n) is 7.46. The van der Waals surface area contributed by atoms with Crippen LogP contribution >= 0.6 is 24.8 Å². The topological polar surface area (TPSA) is 80.7 Å². The lowest BCUT2D eigenvalue weighted by Gasteiger charge is -2.15. The molecular weight excluding hydrogens is 365 g/mol. The zero-order valence-electron chi connectivity index (χ0n) is 14.6. The Morgan fingerprint density at radius 2 is 2.00 bits per heavy atom. The van der Waals surface area contributed by atoms with Crippen LogP contribution in [-0.4, -0.2) is 38.1 Å². The Morgan fingerprint density at radius 3 is 2.60 bits per heavy atom. The Bertz CT molecular complexity index is 675. The largest absolute Gasteiger partial charge is 0.490 e. The van der Waals surface area contributed by atoms with Crippen molar-refractivity contribution in [2.24, 2.45) is 5.73 Å². The number of anilines is 1. The fourth-order valence-electron chi connectivity index (χ4n) is 1.99. The smallest absolute Gasteiger partial charge is 0.259 e. The van der Waals surface area contributed by atoms with E-state index in [4.69, 9.17) is 14.9 Å². The van der Waals surface area contributed by atoms with E-state index in [-0.39, 0.29) is 37.3 Å². The van der Waals surface area contributed by atoms with Crippen LogP contribution in [0.2, 0.25) is 0 Å². The van der Waals surface area contributed by atoms with Crippen LogP contribution < -0.4 is 15.8 Å². The number of carbonyl (C=O) groups excluding carboxylic acids is 1. The number of ether oxygens (including phenoxy) is 1. The molecule has 8 heteroatoms. The molecule has 0 unspecified atom stereocenters. The molecule has 0 saturated heterocycles. The number of aryl methyl sites for hydroxylation is 1. The maximum atomic E-state index is 12.3. The van der Waals surface area contributed by atoms with Gasteiger partial charge in [0, 0.05) is 6.54 Å². The highest BCUT2D eigenvalue weighted by atomic mass is 35.5. The molecule has 6 nitrogen and oxygen atoms in total. The number of hydrogen-bond donors (Lipinski definition) is 2. The van der Waals surface area contributed by atoms with Gasteiger partial charge in [-0.25, -0.2) is 0 Å². The van der Waals surface area contributed by atoms with Crippen molar-refractivity contribution in [1.82, 2.24) is 4.90 Å². The summed E-state index contributed by atoms with van der Waals surface area (Å²) in [5.41, 5.74) is 7.62. The molecule has 2 aromatic rings.